The number of aromatic nitrogens is 2. The molecule has 1 aliphatic rings. The maximum absolute atomic E-state index is 12.4. The molecule has 0 unspecified atom stereocenters. The third-order valence-electron chi connectivity index (χ3n) is 4.28. The Bertz CT molecular complexity index is 865. The Labute approximate surface area is 145 Å². The lowest BCUT2D eigenvalue weighted by molar-refractivity contribution is -0.117. The van der Waals surface area contributed by atoms with Crippen molar-refractivity contribution >= 4 is 29.0 Å². The van der Waals surface area contributed by atoms with E-state index < -0.39 is 11.7 Å². The summed E-state index contributed by atoms with van der Waals surface area (Å²) in [6, 6.07) is 6.76. The van der Waals surface area contributed by atoms with Crippen LogP contribution in [0.2, 0.25) is 0 Å². The molecular weight excluding hydrogens is 320 g/mol. The van der Waals surface area contributed by atoms with E-state index in [1.54, 1.807) is 49.8 Å². The lowest BCUT2D eigenvalue weighted by Crippen LogP contribution is -2.24. The summed E-state index contributed by atoms with van der Waals surface area (Å²) in [5, 5.41) is 9.56. The van der Waals surface area contributed by atoms with Gasteiger partial charge in [0.1, 0.15) is 0 Å². The molecule has 2 N–H and O–H groups in total. The first-order chi connectivity index (χ1) is 11.9. The summed E-state index contributed by atoms with van der Waals surface area (Å²) in [4.78, 5) is 36.5. The Morgan fingerprint density at radius 3 is 2.32 bits per heavy atom. The van der Waals surface area contributed by atoms with E-state index in [9.17, 15) is 14.4 Å². The average molecular weight is 340 g/mol. The van der Waals surface area contributed by atoms with Gasteiger partial charge in [0.25, 0.3) is 11.7 Å². The zero-order valence-corrected chi connectivity index (χ0v) is 14.4. The van der Waals surface area contributed by atoms with Gasteiger partial charge in [-0.05, 0) is 44.9 Å². The number of carbonyl (C=O) groups is 3. The number of carbonyl (C=O) groups excluding carboxylic acids is 3. The lowest BCUT2D eigenvalue weighted by Gasteiger charge is -2.08. The minimum atomic E-state index is -0.732. The van der Waals surface area contributed by atoms with E-state index in [0.29, 0.717) is 28.3 Å². The van der Waals surface area contributed by atoms with E-state index in [2.05, 4.69) is 15.7 Å². The molecule has 7 nitrogen and oxygen atoms in total. The molecular formula is C18H20N4O3. The summed E-state index contributed by atoms with van der Waals surface area (Å²) < 4.78 is 1.57. The number of amides is 2. The number of rotatable bonds is 5. The molecule has 130 valence electrons. The topological polar surface area (TPSA) is 93.1 Å². The number of hydrogen-bond donors (Lipinski definition) is 2. The second-order valence-electron chi connectivity index (χ2n) is 6.30. The Morgan fingerprint density at radius 2 is 1.76 bits per heavy atom. The number of benzene rings is 1. The van der Waals surface area contributed by atoms with Gasteiger partial charge < -0.3 is 10.6 Å². The Balaban J connectivity index is 1.72. The van der Waals surface area contributed by atoms with Crippen molar-refractivity contribution in [1.29, 1.82) is 0 Å². The summed E-state index contributed by atoms with van der Waals surface area (Å²) in [6.07, 6.45) is 1.83. The Kier molecular flexibility index (Phi) is 4.39. The normalized spacial score (nSPS) is 13.4. The highest BCUT2D eigenvalue weighted by atomic mass is 16.2. The number of Topliss-reactive ketones (excluding diaryl/α,β-unsaturated/α-hetero) is 1. The van der Waals surface area contributed by atoms with Gasteiger partial charge in [0.05, 0.1) is 11.3 Å². The number of nitrogens with zero attached hydrogens (tertiary/aromatic N) is 2. The third kappa shape index (κ3) is 3.60. The molecule has 3 rings (SSSR count). The van der Waals surface area contributed by atoms with Gasteiger partial charge in [-0.2, -0.15) is 5.10 Å². The second kappa shape index (κ2) is 6.51. The summed E-state index contributed by atoms with van der Waals surface area (Å²) in [5.41, 5.74) is 2.52. The van der Waals surface area contributed by atoms with Crippen molar-refractivity contribution in [3.05, 3.63) is 41.2 Å². The van der Waals surface area contributed by atoms with Gasteiger partial charge in [0.2, 0.25) is 5.91 Å². The van der Waals surface area contributed by atoms with Crippen LogP contribution in [-0.2, 0) is 16.6 Å². The van der Waals surface area contributed by atoms with Crippen LogP contribution in [0.1, 0.15) is 34.6 Å². The highest BCUT2D eigenvalue weighted by Crippen LogP contribution is 2.30. The van der Waals surface area contributed by atoms with E-state index in [-0.39, 0.29) is 11.8 Å². The first-order valence-electron chi connectivity index (χ1n) is 8.13. The van der Waals surface area contributed by atoms with Gasteiger partial charge in [-0.15, -0.1) is 0 Å². The molecule has 1 fully saturated rings. The van der Waals surface area contributed by atoms with E-state index in [4.69, 9.17) is 0 Å². The number of hydrogen-bond acceptors (Lipinski definition) is 4. The molecule has 0 aliphatic heterocycles. The van der Waals surface area contributed by atoms with Crippen LogP contribution >= 0.6 is 0 Å². The van der Waals surface area contributed by atoms with Gasteiger partial charge in [-0.1, -0.05) is 6.07 Å². The molecule has 0 saturated heterocycles. The number of ketones is 1. The van der Waals surface area contributed by atoms with Gasteiger partial charge >= 0.3 is 0 Å². The first kappa shape index (κ1) is 16.9. The molecule has 25 heavy (non-hydrogen) atoms. The van der Waals surface area contributed by atoms with E-state index >= 15 is 0 Å². The van der Waals surface area contributed by atoms with Crippen molar-refractivity contribution in [1.82, 2.24) is 9.78 Å². The zero-order chi connectivity index (χ0) is 18.1. The fourth-order valence-electron chi connectivity index (χ4n) is 2.67. The van der Waals surface area contributed by atoms with Gasteiger partial charge in [-0.3, -0.25) is 19.1 Å². The van der Waals surface area contributed by atoms with Crippen LogP contribution < -0.4 is 10.6 Å². The largest absolute Gasteiger partial charge is 0.326 e. The predicted molar refractivity (Wildman–Crippen MR) is 93.4 cm³/mol. The maximum Gasteiger partial charge on any atom is 0.296 e. The van der Waals surface area contributed by atoms with Crippen LogP contribution in [0.25, 0.3) is 0 Å². The van der Waals surface area contributed by atoms with E-state index in [1.165, 1.54) is 0 Å². The van der Waals surface area contributed by atoms with Gasteiger partial charge in [0, 0.05) is 30.0 Å². The first-order valence-corrected chi connectivity index (χ1v) is 8.13. The lowest BCUT2D eigenvalue weighted by atomic mass is 10.1. The fourth-order valence-corrected chi connectivity index (χ4v) is 2.67. The summed E-state index contributed by atoms with van der Waals surface area (Å²) >= 11 is 0. The van der Waals surface area contributed by atoms with Crippen molar-refractivity contribution in [2.24, 2.45) is 13.0 Å². The standard InChI is InChI=1S/C18H20N4O3/c1-10-15(11(2)22(3)21-10)16(23)18(25)20-14-6-4-5-13(9-14)19-17(24)12-7-8-12/h4-6,9,12H,7-8H2,1-3H3,(H,19,24)(H,20,25). The van der Waals surface area contributed by atoms with Crippen molar-refractivity contribution in [2.75, 3.05) is 10.6 Å². The minimum Gasteiger partial charge on any atom is -0.326 e. The molecule has 0 radical (unpaired) electrons. The molecule has 2 amide bonds. The van der Waals surface area contributed by atoms with Crippen LogP contribution in [0.3, 0.4) is 0 Å². The van der Waals surface area contributed by atoms with Crippen LogP contribution in [0.5, 0.6) is 0 Å². The highest BCUT2D eigenvalue weighted by molar-refractivity contribution is 6.47. The Morgan fingerprint density at radius 1 is 1.12 bits per heavy atom. The molecule has 0 atom stereocenters. The third-order valence-corrected chi connectivity index (χ3v) is 4.28. The van der Waals surface area contributed by atoms with E-state index in [0.717, 1.165) is 12.8 Å². The maximum atomic E-state index is 12.4. The monoisotopic (exact) mass is 340 g/mol. The van der Waals surface area contributed by atoms with Crippen molar-refractivity contribution < 1.29 is 14.4 Å². The molecule has 1 saturated carbocycles. The van der Waals surface area contributed by atoms with Crippen molar-refractivity contribution in [3.63, 3.8) is 0 Å². The number of nitrogens with one attached hydrogen (secondary N) is 2. The summed E-state index contributed by atoms with van der Waals surface area (Å²) in [5.74, 6) is -1.28. The predicted octanol–water partition coefficient (Wildman–Crippen LogP) is 2.21. The quantitative estimate of drug-likeness (QED) is 0.645. The smallest absolute Gasteiger partial charge is 0.296 e. The second-order valence-corrected chi connectivity index (χ2v) is 6.30. The van der Waals surface area contributed by atoms with Crippen molar-refractivity contribution in [3.8, 4) is 0 Å². The number of anilines is 2. The van der Waals surface area contributed by atoms with Gasteiger partial charge in [-0.25, -0.2) is 0 Å². The Hall–Kier alpha value is -2.96. The molecule has 1 aliphatic carbocycles. The van der Waals surface area contributed by atoms with Crippen LogP contribution in [0, 0.1) is 19.8 Å². The van der Waals surface area contributed by atoms with Crippen LogP contribution in [0.15, 0.2) is 24.3 Å². The summed E-state index contributed by atoms with van der Waals surface area (Å²) in [6.45, 7) is 3.44. The molecule has 1 aromatic carbocycles. The van der Waals surface area contributed by atoms with Crippen LogP contribution in [0.4, 0.5) is 11.4 Å². The van der Waals surface area contributed by atoms with Crippen molar-refractivity contribution in [2.45, 2.75) is 26.7 Å². The molecule has 0 spiro atoms. The minimum absolute atomic E-state index is 0.0128. The zero-order valence-electron chi connectivity index (χ0n) is 14.4. The summed E-state index contributed by atoms with van der Waals surface area (Å²) in [7, 11) is 1.73. The molecule has 0 bridgehead atoms. The number of aryl methyl sites for hydroxylation is 2. The average Bonchev–Trinajstić information content (AvgIpc) is 3.36. The molecule has 1 heterocycles. The SMILES string of the molecule is Cc1nn(C)c(C)c1C(=O)C(=O)Nc1cccc(NC(=O)C2CC2)c1. The fraction of sp³-hybridized carbons (Fsp3) is 0.333. The molecule has 7 heteroatoms. The van der Waals surface area contributed by atoms with Gasteiger partial charge in [0.15, 0.2) is 0 Å². The molecule has 2 aromatic rings. The molecule has 1 aromatic heterocycles. The van der Waals surface area contributed by atoms with E-state index in [1.807, 2.05) is 0 Å². The van der Waals surface area contributed by atoms with Crippen LogP contribution in [-0.4, -0.2) is 27.4 Å². The highest BCUT2D eigenvalue weighted by Gasteiger charge is 2.29.